The minimum absolute atomic E-state index is 0.212. The van der Waals surface area contributed by atoms with Crippen LogP contribution in [0.1, 0.15) is 142 Å². The van der Waals surface area contributed by atoms with E-state index in [-0.39, 0.29) is 12.5 Å². The van der Waals surface area contributed by atoms with Crippen LogP contribution in [0.5, 0.6) is 0 Å². The van der Waals surface area contributed by atoms with Crippen molar-refractivity contribution in [3.63, 3.8) is 0 Å². The topological polar surface area (TPSA) is 149 Å². The van der Waals surface area contributed by atoms with E-state index in [0.717, 1.165) is 103 Å². The van der Waals surface area contributed by atoms with Crippen molar-refractivity contribution in [2.45, 2.75) is 185 Å². The lowest BCUT2D eigenvalue weighted by Crippen LogP contribution is -2.60. The molecule has 9 nitrogen and oxygen atoms in total. The van der Waals surface area contributed by atoms with Gasteiger partial charge in [-0.05, 0) is 83.5 Å². The Morgan fingerprint density at radius 1 is 0.636 bits per heavy atom. The van der Waals surface area contributed by atoms with E-state index in [1.807, 2.05) is 6.08 Å². The summed E-state index contributed by atoms with van der Waals surface area (Å²) in [7, 11) is 0. The van der Waals surface area contributed by atoms with Gasteiger partial charge in [0.15, 0.2) is 6.29 Å². The molecule has 0 aromatic rings. The summed E-state index contributed by atoms with van der Waals surface area (Å²) >= 11 is 0. The molecule has 1 aliphatic rings. The largest absolute Gasteiger partial charge is 0.394 e. The standard InChI is InChI=1S/C46H77NO8/c1-3-5-7-9-11-13-15-17-18-19-20-21-22-24-26-28-30-32-34-36-42(50)47-39(38-54-46-45(53)44(52)43(51)41(37-48)55-46)40(49)35-33-31-29-27-25-23-16-14-12-10-8-6-4-2/h5,7,11-14,17-18,20-21,25,27,33,35,39-41,43-46,48-49,51-53H,3-4,6,8-10,15-16,19,22-24,26,28-32,34,36-38H2,1-2H3,(H,47,50)/b7-5-,13-11-,14-12+,18-17-,21-20-,27-25+,35-33+. The van der Waals surface area contributed by atoms with Gasteiger partial charge in [0.25, 0.3) is 0 Å². The molecule has 1 saturated heterocycles. The molecule has 1 aliphatic heterocycles. The fourth-order valence-corrected chi connectivity index (χ4v) is 6.00. The molecule has 0 aliphatic carbocycles. The lowest BCUT2D eigenvalue weighted by atomic mass is 9.99. The van der Waals surface area contributed by atoms with Crippen molar-refractivity contribution in [1.29, 1.82) is 0 Å². The number of hydrogen-bond donors (Lipinski definition) is 6. The maximum Gasteiger partial charge on any atom is 0.220 e. The highest BCUT2D eigenvalue weighted by molar-refractivity contribution is 5.76. The molecule has 0 aromatic heterocycles. The van der Waals surface area contributed by atoms with Crippen LogP contribution in [0.25, 0.3) is 0 Å². The number of nitrogens with one attached hydrogen (secondary N) is 1. The zero-order valence-corrected chi connectivity index (χ0v) is 34.1. The number of ether oxygens (including phenoxy) is 2. The Balaban J connectivity index is 2.43. The van der Waals surface area contributed by atoms with Crippen LogP contribution in [0, 0.1) is 0 Å². The highest BCUT2D eigenvalue weighted by atomic mass is 16.7. The van der Waals surface area contributed by atoms with E-state index >= 15 is 0 Å². The van der Waals surface area contributed by atoms with E-state index in [9.17, 15) is 30.3 Å². The molecule has 314 valence electrons. The summed E-state index contributed by atoms with van der Waals surface area (Å²) < 4.78 is 11.2. The van der Waals surface area contributed by atoms with Gasteiger partial charge in [-0.2, -0.15) is 0 Å². The van der Waals surface area contributed by atoms with Gasteiger partial charge in [0.05, 0.1) is 25.4 Å². The maximum atomic E-state index is 12.9. The van der Waals surface area contributed by atoms with Gasteiger partial charge in [-0.25, -0.2) is 0 Å². The van der Waals surface area contributed by atoms with Crippen molar-refractivity contribution in [1.82, 2.24) is 5.32 Å². The van der Waals surface area contributed by atoms with Crippen LogP contribution in [0.15, 0.2) is 85.1 Å². The molecule has 7 unspecified atom stereocenters. The SMILES string of the molecule is CC/C=C\C/C=C\C/C=C\C/C=C\CCCCCCCCC(=O)NC(COC1OC(CO)C(O)C(O)C1O)C(O)/C=C/CC/C=C/CC/C=C/CCCCC. The Labute approximate surface area is 333 Å². The summed E-state index contributed by atoms with van der Waals surface area (Å²) in [6.45, 7) is 3.56. The monoisotopic (exact) mass is 772 g/mol. The number of unbranched alkanes of at least 4 members (excludes halogenated alkanes) is 11. The average Bonchev–Trinajstić information content (AvgIpc) is 3.18. The number of aliphatic hydroxyl groups excluding tert-OH is 5. The molecule has 1 rings (SSSR count). The van der Waals surface area contributed by atoms with Crippen LogP contribution < -0.4 is 5.32 Å². The highest BCUT2D eigenvalue weighted by Gasteiger charge is 2.44. The van der Waals surface area contributed by atoms with Gasteiger partial charge in [-0.3, -0.25) is 4.79 Å². The minimum atomic E-state index is -1.58. The fraction of sp³-hybridized carbons (Fsp3) is 0.674. The van der Waals surface area contributed by atoms with E-state index in [0.29, 0.717) is 6.42 Å². The maximum absolute atomic E-state index is 12.9. The van der Waals surface area contributed by atoms with Crippen molar-refractivity contribution in [3.8, 4) is 0 Å². The molecule has 0 spiro atoms. The number of carbonyl (C=O) groups is 1. The van der Waals surface area contributed by atoms with Crippen LogP contribution in [0.4, 0.5) is 0 Å². The van der Waals surface area contributed by atoms with Crippen LogP contribution in [0.3, 0.4) is 0 Å². The van der Waals surface area contributed by atoms with Gasteiger partial charge in [0.1, 0.15) is 24.4 Å². The van der Waals surface area contributed by atoms with E-state index in [4.69, 9.17) is 9.47 Å². The van der Waals surface area contributed by atoms with Gasteiger partial charge >= 0.3 is 0 Å². The van der Waals surface area contributed by atoms with Crippen LogP contribution in [-0.4, -0.2) is 87.5 Å². The van der Waals surface area contributed by atoms with Crippen LogP contribution >= 0.6 is 0 Å². The lowest BCUT2D eigenvalue weighted by molar-refractivity contribution is -0.302. The van der Waals surface area contributed by atoms with E-state index in [1.54, 1.807) is 6.08 Å². The van der Waals surface area contributed by atoms with Crippen LogP contribution in [-0.2, 0) is 14.3 Å². The van der Waals surface area contributed by atoms with Gasteiger partial charge in [-0.1, -0.05) is 137 Å². The molecule has 55 heavy (non-hydrogen) atoms. The first kappa shape index (κ1) is 50.4. The minimum Gasteiger partial charge on any atom is -0.394 e. The third kappa shape index (κ3) is 26.8. The first-order valence-corrected chi connectivity index (χ1v) is 21.3. The molecule has 0 aromatic carbocycles. The molecular formula is C46H77NO8. The number of amides is 1. The molecule has 1 amide bonds. The number of aliphatic hydroxyl groups is 5. The molecule has 0 radical (unpaired) electrons. The second-order valence-electron chi connectivity index (χ2n) is 14.4. The molecule has 1 heterocycles. The Hall–Kier alpha value is -2.63. The fourth-order valence-electron chi connectivity index (χ4n) is 6.00. The normalized spacial score (nSPS) is 22.2. The van der Waals surface area contributed by atoms with Crippen LogP contribution in [0.2, 0.25) is 0 Å². The molecule has 0 bridgehead atoms. The van der Waals surface area contributed by atoms with E-state index in [2.05, 4.69) is 92.1 Å². The van der Waals surface area contributed by atoms with Gasteiger partial charge < -0.3 is 40.3 Å². The van der Waals surface area contributed by atoms with Crippen molar-refractivity contribution in [2.75, 3.05) is 13.2 Å². The quantitative estimate of drug-likeness (QED) is 0.0288. The average molecular weight is 772 g/mol. The Morgan fingerprint density at radius 3 is 1.75 bits per heavy atom. The third-order valence-corrected chi connectivity index (χ3v) is 9.43. The summed E-state index contributed by atoms with van der Waals surface area (Å²) in [6.07, 6.45) is 41.9. The zero-order valence-electron chi connectivity index (χ0n) is 34.1. The smallest absolute Gasteiger partial charge is 0.220 e. The molecule has 1 fully saturated rings. The number of rotatable bonds is 33. The zero-order chi connectivity index (χ0) is 40.2. The number of allylic oxidation sites excluding steroid dienone is 13. The summed E-state index contributed by atoms with van der Waals surface area (Å²) in [5.41, 5.74) is 0. The van der Waals surface area contributed by atoms with E-state index in [1.165, 1.54) is 19.3 Å². The van der Waals surface area contributed by atoms with Crippen molar-refractivity contribution < 1.29 is 39.8 Å². The summed E-state index contributed by atoms with van der Waals surface area (Å²) in [5.74, 6) is -0.212. The van der Waals surface area contributed by atoms with Gasteiger partial charge in [0.2, 0.25) is 5.91 Å². The van der Waals surface area contributed by atoms with E-state index < -0.39 is 49.5 Å². The second kappa shape index (κ2) is 35.8. The van der Waals surface area contributed by atoms with Crippen molar-refractivity contribution in [3.05, 3.63) is 85.1 Å². The Morgan fingerprint density at radius 2 is 1.15 bits per heavy atom. The summed E-state index contributed by atoms with van der Waals surface area (Å²) in [6, 6.07) is -0.839. The Kier molecular flexibility index (Phi) is 32.8. The molecular weight excluding hydrogens is 695 g/mol. The first-order valence-electron chi connectivity index (χ1n) is 21.3. The summed E-state index contributed by atoms with van der Waals surface area (Å²) in [5, 5.41) is 54.0. The predicted molar refractivity (Wildman–Crippen MR) is 225 cm³/mol. The van der Waals surface area contributed by atoms with Gasteiger partial charge in [0, 0.05) is 6.42 Å². The Bertz CT molecular complexity index is 1130. The lowest BCUT2D eigenvalue weighted by Gasteiger charge is -2.40. The highest BCUT2D eigenvalue weighted by Crippen LogP contribution is 2.22. The predicted octanol–water partition coefficient (Wildman–Crippen LogP) is 8.38. The van der Waals surface area contributed by atoms with Crippen molar-refractivity contribution in [2.24, 2.45) is 0 Å². The molecule has 9 heteroatoms. The second-order valence-corrected chi connectivity index (χ2v) is 14.4. The first-order chi connectivity index (χ1) is 26.8. The van der Waals surface area contributed by atoms with Gasteiger partial charge in [-0.15, -0.1) is 0 Å². The third-order valence-electron chi connectivity index (χ3n) is 9.43. The summed E-state index contributed by atoms with van der Waals surface area (Å²) in [4.78, 5) is 12.9. The number of hydrogen-bond acceptors (Lipinski definition) is 8. The van der Waals surface area contributed by atoms with Crippen molar-refractivity contribution >= 4 is 5.91 Å². The molecule has 6 N–H and O–H groups in total. The molecule has 7 atom stereocenters. The number of carbonyl (C=O) groups excluding carboxylic acids is 1. The molecule has 0 saturated carbocycles.